The molecule has 1 heterocycles. The maximum Gasteiger partial charge on any atom is 0.316 e. The quantitative estimate of drug-likeness (QED) is 0.748. The highest BCUT2D eigenvalue weighted by molar-refractivity contribution is 5.90. The average Bonchev–Trinajstić information content (AvgIpc) is 2.60. The molecule has 0 spiro atoms. The maximum absolute atomic E-state index is 12.5. The standard InChI is InChI=1S/C18H26N4O3/c1-12-8-6-7-11-22(12)17(24)13(2)20-18(25)21-15(16(19)23)14-9-4-3-5-10-14/h3-5,9-10,12-13,15H,6-8,11H2,1-2H3,(H2,19,23)(H2,20,21,25)/t12-,13+,15-/m1/s1. The van der Waals surface area contributed by atoms with Crippen LogP contribution in [0, 0.1) is 0 Å². The van der Waals surface area contributed by atoms with Crippen LogP contribution in [0.5, 0.6) is 0 Å². The van der Waals surface area contributed by atoms with Gasteiger partial charge in [-0.05, 0) is 38.7 Å². The second-order valence-corrected chi connectivity index (χ2v) is 6.46. The molecule has 1 aliphatic rings. The minimum absolute atomic E-state index is 0.113. The largest absolute Gasteiger partial charge is 0.368 e. The number of nitrogens with zero attached hydrogens (tertiary/aromatic N) is 1. The number of likely N-dealkylation sites (tertiary alicyclic amines) is 1. The summed E-state index contributed by atoms with van der Waals surface area (Å²) in [4.78, 5) is 38.2. The molecule has 7 heteroatoms. The summed E-state index contributed by atoms with van der Waals surface area (Å²) in [6.45, 7) is 4.37. The Morgan fingerprint density at radius 3 is 2.44 bits per heavy atom. The number of urea groups is 1. The number of hydrogen-bond donors (Lipinski definition) is 3. The summed E-state index contributed by atoms with van der Waals surface area (Å²) in [5.41, 5.74) is 5.98. The van der Waals surface area contributed by atoms with Crippen molar-refractivity contribution in [1.82, 2.24) is 15.5 Å². The number of primary amides is 1. The van der Waals surface area contributed by atoms with Crippen molar-refractivity contribution in [3.63, 3.8) is 0 Å². The SMILES string of the molecule is C[C@H](NC(=O)N[C@@H](C(N)=O)c1ccccc1)C(=O)N1CCCC[C@H]1C. The summed E-state index contributed by atoms with van der Waals surface area (Å²) in [6.07, 6.45) is 3.07. The first kappa shape index (κ1) is 18.8. The number of hydrogen-bond acceptors (Lipinski definition) is 3. The predicted octanol–water partition coefficient (Wildman–Crippen LogP) is 1.30. The predicted molar refractivity (Wildman–Crippen MR) is 94.5 cm³/mol. The number of amides is 4. The van der Waals surface area contributed by atoms with Crippen LogP contribution in [0.4, 0.5) is 4.79 Å². The first-order chi connectivity index (χ1) is 11.9. The molecule has 1 aliphatic heterocycles. The van der Waals surface area contributed by atoms with Gasteiger partial charge in [0, 0.05) is 12.6 Å². The second-order valence-electron chi connectivity index (χ2n) is 6.46. The first-order valence-electron chi connectivity index (χ1n) is 8.62. The molecule has 136 valence electrons. The lowest BCUT2D eigenvalue weighted by Crippen LogP contribution is -2.54. The third-order valence-electron chi connectivity index (χ3n) is 4.50. The molecular formula is C18H26N4O3. The number of carbonyl (C=O) groups is 3. The van der Waals surface area contributed by atoms with Crippen LogP contribution in [0.2, 0.25) is 0 Å². The highest BCUT2D eigenvalue weighted by Gasteiger charge is 2.28. The van der Waals surface area contributed by atoms with Gasteiger partial charge in [0.25, 0.3) is 0 Å². The molecule has 3 atom stereocenters. The van der Waals surface area contributed by atoms with E-state index in [1.165, 1.54) is 0 Å². The maximum atomic E-state index is 12.5. The summed E-state index contributed by atoms with van der Waals surface area (Å²) in [7, 11) is 0. The molecule has 0 aliphatic carbocycles. The Bertz CT molecular complexity index is 620. The fourth-order valence-corrected chi connectivity index (χ4v) is 3.07. The van der Waals surface area contributed by atoms with E-state index in [4.69, 9.17) is 5.73 Å². The van der Waals surface area contributed by atoms with E-state index in [0.29, 0.717) is 12.1 Å². The number of nitrogens with one attached hydrogen (secondary N) is 2. The first-order valence-corrected chi connectivity index (χ1v) is 8.62. The van der Waals surface area contributed by atoms with E-state index < -0.39 is 24.0 Å². The van der Waals surface area contributed by atoms with E-state index >= 15 is 0 Å². The van der Waals surface area contributed by atoms with Gasteiger partial charge in [-0.1, -0.05) is 30.3 Å². The Labute approximate surface area is 147 Å². The second kappa shape index (κ2) is 8.50. The Morgan fingerprint density at radius 1 is 1.16 bits per heavy atom. The smallest absolute Gasteiger partial charge is 0.316 e. The van der Waals surface area contributed by atoms with E-state index in [2.05, 4.69) is 10.6 Å². The highest BCUT2D eigenvalue weighted by atomic mass is 16.2. The van der Waals surface area contributed by atoms with Crippen LogP contribution in [0.25, 0.3) is 0 Å². The number of carbonyl (C=O) groups excluding carboxylic acids is 3. The van der Waals surface area contributed by atoms with Gasteiger partial charge in [-0.25, -0.2) is 4.79 Å². The van der Waals surface area contributed by atoms with Crippen molar-refractivity contribution in [2.75, 3.05) is 6.54 Å². The minimum Gasteiger partial charge on any atom is -0.368 e. The van der Waals surface area contributed by atoms with Gasteiger partial charge in [0.1, 0.15) is 12.1 Å². The number of piperidine rings is 1. The van der Waals surface area contributed by atoms with Crippen LogP contribution < -0.4 is 16.4 Å². The van der Waals surface area contributed by atoms with Crippen LogP contribution in [0.15, 0.2) is 30.3 Å². The zero-order chi connectivity index (χ0) is 18.4. The van der Waals surface area contributed by atoms with Crippen molar-refractivity contribution in [3.05, 3.63) is 35.9 Å². The van der Waals surface area contributed by atoms with Crippen molar-refractivity contribution < 1.29 is 14.4 Å². The fourth-order valence-electron chi connectivity index (χ4n) is 3.07. The molecule has 0 unspecified atom stereocenters. The Morgan fingerprint density at radius 2 is 1.84 bits per heavy atom. The Hall–Kier alpha value is -2.57. The van der Waals surface area contributed by atoms with Crippen LogP contribution in [0.1, 0.15) is 44.7 Å². The highest BCUT2D eigenvalue weighted by Crippen LogP contribution is 2.17. The monoisotopic (exact) mass is 346 g/mol. The van der Waals surface area contributed by atoms with Crippen molar-refractivity contribution in [1.29, 1.82) is 0 Å². The summed E-state index contributed by atoms with van der Waals surface area (Å²) in [5, 5.41) is 5.14. The number of benzene rings is 1. The third kappa shape index (κ3) is 4.95. The lowest BCUT2D eigenvalue weighted by Gasteiger charge is -2.35. The summed E-state index contributed by atoms with van der Waals surface area (Å²) < 4.78 is 0. The minimum atomic E-state index is -0.947. The summed E-state index contributed by atoms with van der Waals surface area (Å²) in [5.74, 6) is -0.775. The van der Waals surface area contributed by atoms with Gasteiger partial charge in [-0.2, -0.15) is 0 Å². The van der Waals surface area contributed by atoms with Crippen LogP contribution in [0.3, 0.4) is 0 Å². The van der Waals surface area contributed by atoms with Gasteiger partial charge < -0.3 is 21.3 Å². The van der Waals surface area contributed by atoms with E-state index in [-0.39, 0.29) is 11.9 Å². The molecule has 0 radical (unpaired) electrons. The molecular weight excluding hydrogens is 320 g/mol. The van der Waals surface area contributed by atoms with Gasteiger partial charge in [-0.15, -0.1) is 0 Å². The molecule has 4 amide bonds. The summed E-state index contributed by atoms with van der Waals surface area (Å²) in [6, 6.07) is 6.70. The Balaban J connectivity index is 1.95. The van der Waals surface area contributed by atoms with E-state index in [0.717, 1.165) is 19.3 Å². The van der Waals surface area contributed by atoms with E-state index in [9.17, 15) is 14.4 Å². The zero-order valence-electron chi connectivity index (χ0n) is 14.7. The van der Waals surface area contributed by atoms with Crippen molar-refractivity contribution in [3.8, 4) is 0 Å². The average molecular weight is 346 g/mol. The number of rotatable bonds is 5. The van der Waals surface area contributed by atoms with Crippen LogP contribution in [-0.2, 0) is 9.59 Å². The Kier molecular flexibility index (Phi) is 6.38. The van der Waals surface area contributed by atoms with E-state index in [1.54, 1.807) is 36.1 Å². The van der Waals surface area contributed by atoms with Crippen molar-refractivity contribution in [2.24, 2.45) is 5.73 Å². The normalized spacial score (nSPS) is 19.6. The molecule has 0 saturated carbocycles. The molecule has 1 saturated heterocycles. The molecule has 25 heavy (non-hydrogen) atoms. The number of nitrogens with two attached hydrogens (primary N) is 1. The van der Waals surface area contributed by atoms with Crippen molar-refractivity contribution >= 4 is 17.8 Å². The van der Waals surface area contributed by atoms with Crippen LogP contribution >= 0.6 is 0 Å². The van der Waals surface area contributed by atoms with Gasteiger partial charge in [-0.3, -0.25) is 9.59 Å². The van der Waals surface area contributed by atoms with Gasteiger partial charge in [0.05, 0.1) is 0 Å². The summed E-state index contributed by atoms with van der Waals surface area (Å²) >= 11 is 0. The van der Waals surface area contributed by atoms with E-state index in [1.807, 2.05) is 13.0 Å². The molecule has 4 N–H and O–H groups in total. The lowest BCUT2D eigenvalue weighted by molar-refractivity contribution is -0.136. The zero-order valence-corrected chi connectivity index (χ0v) is 14.7. The molecule has 7 nitrogen and oxygen atoms in total. The topological polar surface area (TPSA) is 105 Å². The molecule has 1 aromatic rings. The lowest BCUT2D eigenvalue weighted by atomic mass is 10.0. The van der Waals surface area contributed by atoms with Crippen molar-refractivity contribution in [2.45, 2.75) is 51.2 Å². The molecule has 0 bridgehead atoms. The third-order valence-corrected chi connectivity index (χ3v) is 4.50. The molecule has 1 fully saturated rings. The molecule has 0 aromatic heterocycles. The van der Waals surface area contributed by atoms with Crippen LogP contribution in [-0.4, -0.2) is 41.4 Å². The molecule has 1 aromatic carbocycles. The fraction of sp³-hybridized carbons (Fsp3) is 0.500. The van der Waals surface area contributed by atoms with Gasteiger partial charge in [0.2, 0.25) is 11.8 Å². The van der Waals surface area contributed by atoms with Gasteiger partial charge >= 0.3 is 6.03 Å². The molecule has 2 rings (SSSR count). The van der Waals surface area contributed by atoms with Gasteiger partial charge in [0.15, 0.2) is 0 Å².